The summed E-state index contributed by atoms with van der Waals surface area (Å²) >= 11 is 0. The Labute approximate surface area is 234 Å². The molecule has 3 heterocycles. The highest BCUT2D eigenvalue weighted by Crippen LogP contribution is 2.37. The van der Waals surface area contributed by atoms with Crippen molar-refractivity contribution in [1.29, 1.82) is 0 Å². The van der Waals surface area contributed by atoms with Crippen LogP contribution in [0.3, 0.4) is 0 Å². The molecule has 1 aliphatic heterocycles. The fraction of sp³-hybridized carbons (Fsp3) is 0.321. The van der Waals surface area contributed by atoms with E-state index in [9.17, 15) is 23.2 Å². The van der Waals surface area contributed by atoms with E-state index in [1.807, 2.05) is 36.4 Å². The lowest BCUT2D eigenvalue weighted by Gasteiger charge is -2.23. The van der Waals surface area contributed by atoms with Crippen LogP contribution in [0.1, 0.15) is 42.5 Å². The SMILES string of the molecule is CC(C)c1nc2c(N3CC[C@@H](NC(=O)CN)C3)c(NC(=O)c3ccc(=O)n(-c4c(F)cccc4F)n3)ccc2n1C. The second-order valence-electron chi connectivity index (χ2n) is 10.2. The first-order valence-electron chi connectivity index (χ1n) is 13.2. The average Bonchev–Trinajstić information content (AvgIpc) is 3.53. The summed E-state index contributed by atoms with van der Waals surface area (Å²) in [4.78, 5) is 44.7. The summed E-state index contributed by atoms with van der Waals surface area (Å²) in [6.07, 6.45) is 0.667. The number of imidazole rings is 1. The molecule has 214 valence electrons. The van der Waals surface area contributed by atoms with Crippen LogP contribution >= 0.6 is 0 Å². The molecule has 2 amide bonds. The standard InChI is InChI=1S/C28H30F2N8O3/c1-15(2)27-34-24-21(36(27)3)9-7-19(26(24)37-12-11-16(14-37)32-22(39)13-31)33-28(41)20-8-10-23(40)38(35-20)25-17(29)5-4-6-18(25)30/h4-10,15-16H,11-14,31H2,1-3H3,(H,32,39)(H,33,41)/t16-/m1/s1. The smallest absolute Gasteiger partial charge is 0.276 e. The van der Waals surface area contributed by atoms with E-state index in [2.05, 4.69) is 15.7 Å². The molecule has 1 atom stereocenters. The van der Waals surface area contributed by atoms with Crippen LogP contribution in [0, 0.1) is 11.6 Å². The maximum absolute atomic E-state index is 14.4. The fourth-order valence-electron chi connectivity index (χ4n) is 5.14. The van der Waals surface area contributed by atoms with Crippen LogP contribution in [0.4, 0.5) is 20.2 Å². The van der Waals surface area contributed by atoms with Crippen molar-refractivity contribution in [3.8, 4) is 5.69 Å². The number of nitrogens with zero attached hydrogens (tertiary/aromatic N) is 5. The summed E-state index contributed by atoms with van der Waals surface area (Å²) < 4.78 is 31.3. The molecule has 1 saturated heterocycles. The number of anilines is 2. The lowest BCUT2D eigenvalue weighted by atomic mass is 10.2. The van der Waals surface area contributed by atoms with Gasteiger partial charge in [0.2, 0.25) is 5.91 Å². The molecule has 0 saturated carbocycles. The van der Waals surface area contributed by atoms with Crippen LogP contribution < -0.4 is 26.8 Å². The predicted octanol–water partition coefficient (Wildman–Crippen LogP) is 2.43. The Balaban J connectivity index is 1.55. The summed E-state index contributed by atoms with van der Waals surface area (Å²) in [6.45, 7) is 5.02. The number of halogens is 2. The highest BCUT2D eigenvalue weighted by molar-refractivity contribution is 6.08. The molecule has 11 nitrogen and oxygen atoms in total. The Morgan fingerprint density at radius 1 is 1.10 bits per heavy atom. The van der Waals surface area contributed by atoms with Gasteiger partial charge in [0.05, 0.1) is 23.4 Å². The molecule has 4 N–H and O–H groups in total. The van der Waals surface area contributed by atoms with Gasteiger partial charge in [-0.15, -0.1) is 0 Å². The number of nitrogens with two attached hydrogens (primary N) is 1. The van der Waals surface area contributed by atoms with Crippen LogP contribution in [0.2, 0.25) is 0 Å². The molecule has 2 aromatic heterocycles. The number of hydrogen-bond acceptors (Lipinski definition) is 7. The van der Waals surface area contributed by atoms with E-state index in [0.29, 0.717) is 41.1 Å². The van der Waals surface area contributed by atoms with Gasteiger partial charge in [0, 0.05) is 38.2 Å². The van der Waals surface area contributed by atoms with E-state index in [1.165, 1.54) is 12.1 Å². The number of carbonyl (C=O) groups excluding carboxylic acids is 2. The molecule has 5 rings (SSSR count). The van der Waals surface area contributed by atoms with Crippen molar-refractivity contribution in [2.24, 2.45) is 12.8 Å². The highest BCUT2D eigenvalue weighted by Gasteiger charge is 2.29. The Kier molecular flexibility index (Phi) is 7.54. The number of fused-ring (bicyclic) bond motifs is 1. The number of aryl methyl sites for hydroxylation is 1. The Bertz CT molecular complexity index is 1690. The van der Waals surface area contributed by atoms with Crippen LogP contribution in [0.15, 0.2) is 47.3 Å². The summed E-state index contributed by atoms with van der Waals surface area (Å²) in [6, 6.07) is 8.84. The van der Waals surface area contributed by atoms with E-state index in [-0.39, 0.29) is 30.1 Å². The second-order valence-corrected chi connectivity index (χ2v) is 10.2. The maximum Gasteiger partial charge on any atom is 0.276 e. The van der Waals surface area contributed by atoms with Gasteiger partial charge < -0.3 is 25.8 Å². The second kappa shape index (κ2) is 11.1. The van der Waals surface area contributed by atoms with Crippen molar-refractivity contribution in [1.82, 2.24) is 24.6 Å². The van der Waals surface area contributed by atoms with Gasteiger partial charge in [0.1, 0.15) is 22.7 Å². The normalized spacial score (nSPS) is 15.1. The minimum atomic E-state index is -0.994. The van der Waals surface area contributed by atoms with Crippen molar-refractivity contribution >= 4 is 34.2 Å². The number of nitrogens with one attached hydrogen (secondary N) is 2. The third kappa shape index (κ3) is 5.27. The number of carbonyl (C=O) groups is 2. The number of para-hydroxylation sites is 1. The molecule has 0 aliphatic carbocycles. The number of benzene rings is 2. The minimum absolute atomic E-state index is 0.114. The first-order chi connectivity index (χ1) is 19.6. The highest BCUT2D eigenvalue weighted by atomic mass is 19.1. The molecule has 41 heavy (non-hydrogen) atoms. The van der Waals surface area contributed by atoms with E-state index < -0.39 is 28.8 Å². The molecule has 1 aliphatic rings. The lowest BCUT2D eigenvalue weighted by molar-refractivity contribution is -0.120. The van der Waals surface area contributed by atoms with Gasteiger partial charge >= 0.3 is 0 Å². The van der Waals surface area contributed by atoms with Crippen LogP contribution in [-0.2, 0) is 11.8 Å². The summed E-state index contributed by atoms with van der Waals surface area (Å²) in [5, 5.41) is 9.72. The third-order valence-corrected chi connectivity index (χ3v) is 7.06. The van der Waals surface area contributed by atoms with Gasteiger partial charge in [-0.2, -0.15) is 9.78 Å². The molecular weight excluding hydrogens is 534 g/mol. The zero-order valence-electron chi connectivity index (χ0n) is 22.8. The largest absolute Gasteiger partial charge is 0.366 e. The van der Waals surface area contributed by atoms with E-state index in [1.54, 1.807) is 6.07 Å². The zero-order valence-corrected chi connectivity index (χ0v) is 22.8. The van der Waals surface area contributed by atoms with Gasteiger partial charge in [-0.1, -0.05) is 19.9 Å². The molecule has 0 bridgehead atoms. The fourth-order valence-corrected chi connectivity index (χ4v) is 5.14. The minimum Gasteiger partial charge on any atom is -0.366 e. The number of aromatic nitrogens is 4. The summed E-state index contributed by atoms with van der Waals surface area (Å²) in [5.74, 6) is -1.94. The van der Waals surface area contributed by atoms with Gasteiger partial charge in [0.25, 0.3) is 11.5 Å². The average molecular weight is 565 g/mol. The lowest BCUT2D eigenvalue weighted by Crippen LogP contribution is -2.40. The maximum atomic E-state index is 14.4. The Morgan fingerprint density at radius 3 is 2.51 bits per heavy atom. The molecule has 13 heteroatoms. The zero-order chi connectivity index (χ0) is 29.4. The predicted molar refractivity (Wildman–Crippen MR) is 150 cm³/mol. The molecular formula is C28H30F2N8O3. The monoisotopic (exact) mass is 564 g/mol. The van der Waals surface area contributed by atoms with Gasteiger partial charge in [-0.25, -0.2) is 13.8 Å². The van der Waals surface area contributed by atoms with Gasteiger partial charge in [0.15, 0.2) is 11.6 Å². The van der Waals surface area contributed by atoms with Crippen molar-refractivity contribution in [3.05, 3.63) is 76.0 Å². The van der Waals surface area contributed by atoms with Gasteiger partial charge in [-0.05, 0) is 36.8 Å². The number of amides is 2. The molecule has 1 fully saturated rings. The topological polar surface area (TPSA) is 140 Å². The summed E-state index contributed by atoms with van der Waals surface area (Å²) in [5.41, 5.74) is 6.39. The van der Waals surface area contributed by atoms with Crippen molar-refractivity contribution in [2.75, 3.05) is 29.9 Å². The first-order valence-corrected chi connectivity index (χ1v) is 13.2. The van der Waals surface area contributed by atoms with Crippen molar-refractivity contribution in [2.45, 2.75) is 32.2 Å². The Morgan fingerprint density at radius 2 is 1.83 bits per heavy atom. The van der Waals surface area contributed by atoms with Crippen molar-refractivity contribution in [3.63, 3.8) is 0 Å². The van der Waals surface area contributed by atoms with Crippen LogP contribution in [-0.4, -0.2) is 56.8 Å². The molecule has 0 spiro atoms. The van der Waals surface area contributed by atoms with E-state index in [0.717, 1.165) is 29.5 Å². The van der Waals surface area contributed by atoms with Crippen LogP contribution in [0.25, 0.3) is 16.7 Å². The van der Waals surface area contributed by atoms with Crippen LogP contribution in [0.5, 0.6) is 0 Å². The number of rotatable bonds is 7. The van der Waals surface area contributed by atoms with Crippen molar-refractivity contribution < 1.29 is 18.4 Å². The molecule has 0 radical (unpaired) electrons. The quantitative estimate of drug-likeness (QED) is 0.313. The molecule has 2 aromatic carbocycles. The molecule has 4 aromatic rings. The van der Waals surface area contributed by atoms with E-state index in [4.69, 9.17) is 10.7 Å². The summed E-state index contributed by atoms with van der Waals surface area (Å²) in [7, 11) is 1.93. The Hall–Kier alpha value is -4.65. The number of hydrogen-bond donors (Lipinski definition) is 3. The third-order valence-electron chi connectivity index (χ3n) is 7.06. The van der Waals surface area contributed by atoms with E-state index >= 15 is 0 Å². The molecule has 0 unspecified atom stereocenters. The first kappa shape index (κ1) is 27.9. The van der Waals surface area contributed by atoms with Gasteiger partial charge in [-0.3, -0.25) is 14.4 Å².